The van der Waals surface area contributed by atoms with Crippen LogP contribution >= 0.6 is 27.7 Å². The van der Waals surface area contributed by atoms with E-state index in [1.54, 1.807) is 7.11 Å². The molecule has 0 unspecified atom stereocenters. The van der Waals surface area contributed by atoms with E-state index >= 15 is 0 Å². The second-order valence-electron chi connectivity index (χ2n) is 5.21. The molecule has 1 heterocycles. The van der Waals surface area contributed by atoms with Gasteiger partial charge in [-0.15, -0.1) is 0 Å². The van der Waals surface area contributed by atoms with Gasteiger partial charge in [-0.25, -0.2) is 4.99 Å². The summed E-state index contributed by atoms with van der Waals surface area (Å²) in [6.07, 6.45) is 1.84. The normalized spacial score (nSPS) is 17.4. The summed E-state index contributed by atoms with van der Waals surface area (Å²) in [6, 6.07) is 13.5. The first-order chi connectivity index (χ1) is 11.5. The molecule has 2 aromatic rings. The molecule has 0 bridgehead atoms. The Balaban J connectivity index is 1.81. The Kier molecular flexibility index (Phi) is 5.06. The van der Waals surface area contributed by atoms with E-state index in [9.17, 15) is 4.79 Å². The van der Waals surface area contributed by atoms with Crippen molar-refractivity contribution in [1.29, 1.82) is 0 Å². The number of halogens is 1. The van der Waals surface area contributed by atoms with Crippen LogP contribution in [0.5, 0.6) is 5.75 Å². The van der Waals surface area contributed by atoms with Crippen molar-refractivity contribution in [2.24, 2.45) is 4.99 Å². The van der Waals surface area contributed by atoms with E-state index < -0.39 is 0 Å². The van der Waals surface area contributed by atoms with Crippen LogP contribution < -0.4 is 10.1 Å². The monoisotopic (exact) mass is 402 g/mol. The van der Waals surface area contributed by atoms with Crippen LogP contribution in [0.25, 0.3) is 6.08 Å². The molecule has 1 fully saturated rings. The van der Waals surface area contributed by atoms with Crippen LogP contribution in [0.2, 0.25) is 0 Å². The summed E-state index contributed by atoms with van der Waals surface area (Å²) in [5.74, 6) is 0.611. The van der Waals surface area contributed by atoms with Crippen molar-refractivity contribution in [2.45, 2.75) is 6.92 Å². The molecule has 0 saturated carbocycles. The van der Waals surface area contributed by atoms with Gasteiger partial charge >= 0.3 is 0 Å². The van der Waals surface area contributed by atoms with Crippen LogP contribution in [0.4, 0.5) is 5.69 Å². The number of nitrogens with zero attached hydrogens (tertiary/aromatic N) is 1. The summed E-state index contributed by atoms with van der Waals surface area (Å²) >= 11 is 4.78. The van der Waals surface area contributed by atoms with Crippen molar-refractivity contribution in [2.75, 3.05) is 7.11 Å². The molecule has 1 aliphatic rings. The maximum absolute atomic E-state index is 12.1. The van der Waals surface area contributed by atoms with Crippen molar-refractivity contribution in [3.8, 4) is 5.75 Å². The summed E-state index contributed by atoms with van der Waals surface area (Å²) in [7, 11) is 1.62. The van der Waals surface area contributed by atoms with E-state index in [1.165, 1.54) is 17.3 Å². The number of carbonyl (C=O) groups is 1. The lowest BCUT2D eigenvalue weighted by atomic mass is 10.2. The van der Waals surface area contributed by atoms with Gasteiger partial charge in [-0.3, -0.25) is 4.79 Å². The molecule has 4 nitrogen and oxygen atoms in total. The van der Waals surface area contributed by atoms with Gasteiger partial charge in [-0.2, -0.15) is 0 Å². The first-order valence-corrected chi connectivity index (χ1v) is 8.86. The molecule has 122 valence electrons. The average molecular weight is 403 g/mol. The van der Waals surface area contributed by atoms with Crippen molar-refractivity contribution in [3.63, 3.8) is 0 Å². The minimum absolute atomic E-state index is 0.141. The van der Waals surface area contributed by atoms with Gasteiger partial charge in [0.1, 0.15) is 5.75 Å². The van der Waals surface area contributed by atoms with Gasteiger partial charge < -0.3 is 10.1 Å². The first kappa shape index (κ1) is 16.8. The minimum atomic E-state index is -0.141. The SMILES string of the molecule is COc1ccc(C=C2SC(=Nc3ccc(C)cc3)NC2=O)cc1Br. The Morgan fingerprint density at radius 2 is 1.96 bits per heavy atom. The molecule has 24 heavy (non-hydrogen) atoms. The molecule has 2 aromatic carbocycles. The van der Waals surface area contributed by atoms with Gasteiger partial charge in [0.05, 0.1) is 22.2 Å². The fourth-order valence-electron chi connectivity index (χ4n) is 2.14. The van der Waals surface area contributed by atoms with E-state index in [2.05, 4.69) is 26.2 Å². The smallest absolute Gasteiger partial charge is 0.264 e. The van der Waals surface area contributed by atoms with Crippen LogP contribution in [0.1, 0.15) is 11.1 Å². The van der Waals surface area contributed by atoms with Crippen molar-refractivity contribution in [3.05, 3.63) is 63.0 Å². The molecule has 0 radical (unpaired) electrons. The molecule has 3 rings (SSSR count). The summed E-state index contributed by atoms with van der Waals surface area (Å²) in [5, 5.41) is 3.38. The zero-order valence-corrected chi connectivity index (χ0v) is 15.6. The zero-order chi connectivity index (χ0) is 17.1. The number of carbonyl (C=O) groups excluding carboxylic acids is 1. The number of rotatable bonds is 3. The Hall–Kier alpha value is -2.05. The standard InChI is InChI=1S/C18H15BrN2O2S/c1-11-3-6-13(7-4-11)20-18-21-17(22)16(24-18)10-12-5-8-15(23-2)14(19)9-12/h3-10H,1-2H3,(H,20,21,22). The molecule has 0 spiro atoms. The maximum Gasteiger partial charge on any atom is 0.264 e. The highest BCUT2D eigenvalue weighted by molar-refractivity contribution is 9.10. The number of thioether (sulfide) groups is 1. The van der Waals surface area contributed by atoms with Crippen molar-refractivity contribution in [1.82, 2.24) is 5.32 Å². The third-order valence-corrected chi connectivity index (χ3v) is 4.92. The Morgan fingerprint density at radius 1 is 1.21 bits per heavy atom. The minimum Gasteiger partial charge on any atom is -0.496 e. The van der Waals surface area contributed by atoms with Crippen LogP contribution in [-0.4, -0.2) is 18.2 Å². The second-order valence-corrected chi connectivity index (χ2v) is 7.10. The molecule has 1 saturated heterocycles. The van der Waals surface area contributed by atoms with Gasteiger partial charge in [0.25, 0.3) is 5.91 Å². The average Bonchev–Trinajstić information content (AvgIpc) is 2.89. The van der Waals surface area contributed by atoms with Gasteiger partial charge in [0.15, 0.2) is 5.17 Å². The number of benzene rings is 2. The third kappa shape index (κ3) is 3.88. The lowest BCUT2D eigenvalue weighted by Crippen LogP contribution is -2.19. The summed E-state index contributed by atoms with van der Waals surface area (Å²) in [5.41, 5.74) is 2.90. The van der Waals surface area contributed by atoms with E-state index in [1.807, 2.05) is 55.5 Å². The van der Waals surface area contributed by atoms with Crippen LogP contribution in [-0.2, 0) is 4.79 Å². The Bertz CT molecular complexity index is 845. The highest BCUT2D eigenvalue weighted by Gasteiger charge is 2.23. The van der Waals surface area contributed by atoms with Gasteiger partial charge in [0, 0.05) is 0 Å². The second kappa shape index (κ2) is 7.23. The molecule has 1 N–H and O–H groups in total. The first-order valence-electron chi connectivity index (χ1n) is 7.25. The third-order valence-electron chi connectivity index (χ3n) is 3.39. The van der Waals surface area contributed by atoms with Crippen molar-refractivity contribution >= 4 is 50.5 Å². The highest BCUT2D eigenvalue weighted by atomic mass is 79.9. The van der Waals surface area contributed by atoms with Crippen LogP contribution in [0, 0.1) is 6.92 Å². The number of aliphatic imine (C=N–C) groups is 1. The molecular weight excluding hydrogens is 388 g/mol. The number of hydrogen-bond donors (Lipinski definition) is 1. The lowest BCUT2D eigenvalue weighted by Gasteiger charge is -2.03. The highest BCUT2D eigenvalue weighted by Crippen LogP contribution is 2.31. The van der Waals surface area contributed by atoms with E-state index in [4.69, 9.17) is 4.74 Å². The van der Waals surface area contributed by atoms with Crippen LogP contribution in [0.15, 0.2) is 56.8 Å². The number of amides is 1. The van der Waals surface area contributed by atoms with Gasteiger partial charge in [-0.05, 0) is 70.5 Å². The predicted molar refractivity (Wildman–Crippen MR) is 103 cm³/mol. The Morgan fingerprint density at radius 3 is 2.62 bits per heavy atom. The number of hydrogen-bond acceptors (Lipinski definition) is 4. The van der Waals surface area contributed by atoms with E-state index in [0.29, 0.717) is 10.1 Å². The molecular formula is C18H15BrN2O2S. The number of ether oxygens (including phenoxy) is 1. The van der Waals surface area contributed by atoms with E-state index in [0.717, 1.165) is 21.5 Å². The fourth-order valence-corrected chi connectivity index (χ4v) is 3.54. The Labute approximate surface area is 153 Å². The summed E-state index contributed by atoms with van der Waals surface area (Å²) in [6.45, 7) is 2.02. The molecule has 0 aromatic heterocycles. The molecule has 1 aliphatic heterocycles. The zero-order valence-electron chi connectivity index (χ0n) is 13.2. The molecule has 1 amide bonds. The van der Waals surface area contributed by atoms with Crippen LogP contribution in [0.3, 0.4) is 0 Å². The fraction of sp³-hybridized carbons (Fsp3) is 0.111. The van der Waals surface area contributed by atoms with E-state index in [-0.39, 0.29) is 5.91 Å². The summed E-state index contributed by atoms with van der Waals surface area (Å²) < 4.78 is 6.06. The van der Waals surface area contributed by atoms with Crippen molar-refractivity contribution < 1.29 is 9.53 Å². The number of amidine groups is 1. The maximum atomic E-state index is 12.1. The van der Waals surface area contributed by atoms with Gasteiger partial charge in [0.2, 0.25) is 0 Å². The molecule has 0 aliphatic carbocycles. The lowest BCUT2D eigenvalue weighted by molar-refractivity contribution is -0.115. The number of aryl methyl sites for hydroxylation is 1. The predicted octanol–water partition coefficient (Wildman–Crippen LogP) is 4.66. The molecule has 0 atom stereocenters. The number of nitrogens with one attached hydrogen (secondary N) is 1. The quantitative estimate of drug-likeness (QED) is 0.759. The topological polar surface area (TPSA) is 50.7 Å². The largest absolute Gasteiger partial charge is 0.496 e. The summed E-state index contributed by atoms with van der Waals surface area (Å²) in [4.78, 5) is 17.2. The molecule has 6 heteroatoms. The number of methoxy groups -OCH3 is 1. The van der Waals surface area contributed by atoms with Gasteiger partial charge in [-0.1, -0.05) is 23.8 Å².